The third-order valence-electron chi connectivity index (χ3n) is 3.47. The normalized spacial score (nSPS) is 10.5. The molecular formula is C20H20O7. The zero-order chi connectivity index (χ0) is 19.8. The van der Waals surface area contributed by atoms with Crippen molar-refractivity contribution >= 4 is 18.0 Å². The van der Waals surface area contributed by atoms with Crippen LogP contribution in [0.2, 0.25) is 0 Å². The van der Waals surface area contributed by atoms with Gasteiger partial charge in [0, 0.05) is 6.92 Å². The second-order valence-corrected chi connectivity index (χ2v) is 5.39. The Morgan fingerprint density at radius 3 is 2.15 bits per heavy atom. The SMILES string of the molecule is COc1cc(/C=C/COC(=O)c2ccc(OC(C)=O)cc2)cc(OC)c1O. The Hall–Kier alpha value is -3.48. The maximum atomic E-state index is 12.0. The number of ether oxygens (including phenoxy) is 4. The Morgan fingerprint density at radius 1 is 1.04 bits per heavy atom. The van der Waals surface area contributed by atoms with Crippen LogP contribution < -0.4 is 14.2 Å². The predicted octanol–water partition coefficient (Wildman–Crippen LogP) is 3.20. The number of esters is 2. The number of rotatable bonds is 7. The lowest BCUT2D eigenvalue weighted by Crippen LogP contribution is -2.06. The van der Waals surface area contributed by atoms with E-state index < -0.39 is 11.9 Å². The van der Waals surface area contributed by atoms with Gasteiger partial charge in [0.15, 0.2) is 11.5 Å². The van der Waals surface area contributed by atoms with Crippen molar-refractivity contribution in [3.8, 4) is 23.0 Å². The number of carbonyl (C=O) groups is 2. The maximum absolute atomic E-state index is 12.0. The number of carbonyl (C=O) groups excluding carboxylic acids is 2. The highest BCUT2D eigenvalue weighted by Crippen LogP contribution is 2.37. The molecule has 0 aliphatic heterocycles. The Kier molecular flexibility index (Phi) is 6.82. The highest BCUT2D eigenvalue weighted by Gasteiger charge is 2.10. The molecule has 142 valence electrons. The van der Waals surface area contributed by atoms with Gasteiger partial charge >= 0.3 is 11.9 Å². The molecule has 0 amide bonds. The van der Waals surface area contributed by atoms with Gasteiger partial charge < -0.3 is 24.1 Å². The molecule has 0 spiro atoms. The minimum atomic E-state index is -0.505. The van der Waals surface area contributed by atoms with Crippen molar-refractivity contribution in [1.82, 2.24) is 0 Å². The van der Waals surface area contributed by atoms with Crippen LogP contribution in [0.3, 0.4) is 0 Å². The van der Waals surface area contributed by atoms with Crippen LogP contribution in [0.25, 0.3) is 6.08 Å². The van der Waals surface area contributed by atoms with Crippen LogP contribution in [-0.4, -0.2) is 37.9 Å². The van der Waals surface area contributed by atoms with E-state index >= 15 is 0 Å². The van der Waals surface area contributed by atoms with E-state index in [1.807, 2.05) is 0 Å². The van der Waals surface area contributed by atoms with Crippen LogP contribution in [0.15, 0.2) is 42.5 Å². The minimum absolute atomic E-state index is 0.0516. The Labute approximate surface area is 156 Å². The summed E-state index contributed by atoms with van der Waals surface area (Å²) < 4.78 is 20.2. The summed E-state index contributed by atoms with van der Waals surface area (Å²) in [7, 11) is 2.88. The molecule has 0 aromatic heterocycles. The van der Waals surface area contributed by atoms with E-state index in [1.54, 1.807) is 24.3 Å². The lowest BCUT2D eigenvalue weighted by Gasteiger charge is -2.09. The molecule has 0 aliphatic rings. The fraction of sp³-hybridized carbons (Fsp3) is 0.200. The molecular weight excluding hydrogens is 352 g/mol. The largest absolute Gasteiger partial charge is 0.502 e. The predicted molar refractivity (Wildman–Crippen MR) is 98.3 cm³/mol. The fourth-order valence-electron chi connectivity index (χ4n) is 2.23. The van der Waals surface area contributed by atoms with E-state index in [-0.39, 0.29) is 23.9 Å². The average Bonchev–Trinajstić information content (AvgIpc) is 2.66. The minimum Gasteiger partial charge on any atom is -0.502 e. The molecule has 0 atom stereocenters. The first-order valence-corrected chi connectivity index (χ1v) is 8.01. The second kappa shape index (κ2) is 9.28. The highest BCUT2D eigenvalue weighted by molar-refractivity contribution is 5.89. The van der Waals surface area contributed by atoms with E-state index in [2.05, 4.69) is 0 Å². The molecule has 0 heterocycles. The van der Waals surface area contributed by atoms with E-state index in [0.29, 0.717) is 16.9 Å². The van der Waals surface area contributed by atoms with Gasteiger partial charge in [-0.2, -0.15) is 0 Å². The summed E-state index contributed by atoms with van der Waals surface area (Å²) in [5.41, 5.74) is 1.05. The van der Waals surface area contributed by atoms with Crippen LogP contribution in [0, 0.1) is 0 Å². The second-order valence-electron chi connectivity index (χ2n) is 5.39. The van der Waals surface area contributed by atoms with Crippen LogP contribution in [0.5, 0.6) is 23.0 Å². The van der Waals surface area contributed by atoms with Crippen molar-refractivity contribution in [2.45, 2.75) is 6.92 Å². The van der Waals surface area contributed by atoms with Crippen molar-refractivity contribution in [3.63, 3.8) is 0 Å². The van der Waals surface area contributed by atoms with E-state index in [1.165, 1.54) is 45.4 Å². The van der Waals surface area contributed by atoms with Gasteiger partial charge in [-0.3, -0.25) is 4.79 Å². The fourth-order valence-corrected chi connectivity index (χ4v) is 2.23. The lowest BCUT2D eigenvalue weighted by molar-refractivity contribution is -0.131. The molecule has 0 saturated carbocycles. The lowest BCUT2D eigenvalue weighted by atomic mass is 10.1. The number of methoxy groups -OCH3 is 2. The van der Waals surface area contributed by atoms with Gasteiger partial charge in [-0.05, 0) is 48.0 Å². The molecule has 0 bridgehead atoms. The standard InChI is InChI=1S/C20H20O7/c1-13(21)27-16-8-6-15(7-9-16)20(23)26-10-4-5-14-11-17(24-2)19(22)18(12-14)25-3/h4-9,11-12,22H,10H2,1-3H3/b5-4+. The first-order chi connectivity index (χ1) is 12.9. The summed E-state index contributed by atoms with van der Waals surface area (Å²) in [4.78, 5) is 22.9. The molecule has 2 rings (SSSR count). The van der Waals surface area contributed by atoms with Crippen LogP contribution >= 0.6 is 0 Å². The van der Waals surface area contributed by atoms with Gasteiger partial charge in [0.1, 0.15) is 12.4 Å². The van der Waals surface area contributed by atoms with Gasteiger partial charge in [-0.15, -0.1) is 0 Å². The molecule has 0 radical (unpaired) electrons. The summed E-state index contributed by atoms with van der Waals surface area (Å²) >= 11 is 0. The zero-order valence-electron chi connectivity index (χ0n) is 15.2. The monoisotopic (exact) mass is 372 g/mol. The quantitative estimate of drug-likeness (QED) is 0.589. The number of benzene rings is 2. The van der Waals surface area contributed by atoms with Gasteiger partial charge in [-0.1, -0.05) is 6.08 Å². The molecule has 1 N–H and O–H groups in total. The van der Waals surface area contributed by atoms with Crippen molar-refractivity contribution < 1.29 is 33.6 Å². The number of phenolic OH excluding ortho intramolecular Hbond substituents is 1. The molecule has 0 fully saturated rings. The zero-order valence-corrected chi connectivity index (χ0v) is 15.2. The van der Waals surface area contributed by atoms with Crippen molar-refractivity contribution in [3.05, 3.63) is 53.6 Å². The smallest absolute Gasteiger partial charge is 0.338 e. The summed E-state index contributed by atoms with van der Waals surface area (Å²) in [6, 6.07) is 9.32. The van der Waals surface area contributed by atoms with Crippen LogP contribution in [0.1, 0.15) is 22.8 Å². The molecule has 0 unspecified atom stereocenters. The molecule has 7 nitrogen and oxygen atoms in total. The Balaban J connectivity index is 1.95. The van der Waals surface area contributed by atoms with E-state index in [9.17, 15) is 14.7 Å². The van der Waals surface area contributed by atoms with E-state index in [4.69, 9.17) is 18.9 Å². The summed E-state index contributed by atoms with van der Waals surface area (Å²) in [5, 5.41) is 9.88. The maximum Gasteiger partial charge on any atom is 0.338 e. The molecule has 2 aromatic carbocycles. The van der Waals surface area contributed by atoms with Gasteiger partial charge in [0.2, 0.25) is 5.75 Å². The molecule has 2 aromatic rings. The molecule has 0 saturated heterocycles. The number of hydrogen-bond donors (Lipinski definition) is 1. The first-order valence-electron chi connectivity index (χ1n) is 8.01. The summed E-state index contributed by atoms with van der Waals surface area (Å²) in [5.74, 6) is -0.111. The highest BCUT2D eigenvalue weighted by atomic mass is 16.5. The van der Waals surface area contributed by atoms with Gasteiger partial charge in [0.25, 0.3) is 0 Å². The molecule has 7 heteroatoms. The third-order valence-corrected chi connectivity index (χ3v) is 3.47. The van der Waals surface area contributed by atoms with Crippen LogP contribution in [0.4, 0.5) is 0 Å². The number of hydrogen-bond acceptors (Lipinski definition) is 7. The topological polar surface area (TPSA) is 91.3 Å². The Bertz CT molecular complexity index is 813. The van der Waals surface area contributed by atoms with Gasteiger partial charge in [0.05, 0.1) is 19.8 Å². The first kappa shape index (κ1) is 19.8. The number of phenols is 1. The molecule has 0 aliphatic carbocycles. The van der Waals surface area contributed by atoms with Crippen LogP contribution in [-0.2, 0) is 9.53 Å². The summed E-state index contributed by atoms with van der Waals surface area (Å²) in [6.07, 6.45) is 3.36. The van der Waals surface area contributed by atoms with E-state index in [0.717, 1.165) is 0 Å². The van der Waals surface area contributed by atoms with Crippen molar-refractivity contribution in [1.29, 1.82) is 0 Å². The van der Waals surface area contributed by atoms with Gasteiger partial charge in [-0.25, -0.2) is 4.79 Å². The average molecular weight is 372 g/mol. The van der Waals surface area contributed by atoms with Crippen molar-refractivity contribution in [2.75, 3.05) is 20.8 Å². The number of aromatic hydroxyl groups is 1. The summed E-state index contributed by atoms with van der Waals surface area (Å²) in [6.45, 7) is 1.35. The van der Waals surface area contributed by atoms with Crippen molar-refractivity contribution in [2.24, 2.45) is 0 Å². The third kappa shape index (κ3) is 5.50. The Morgan fingerprint density at radius 2 is 1.63 bits per heavy atom. The molecule has 27 heavy (non-hydrogen) atoms.